The molecule has 0 radical (unpaired) electrons. The Kier molecular flexibility index (Phi) is 3.45. The van der Waals surface area contributed by atoms with E-state index in [0.717, 1.165) is 31.4 Å². The second-order valence-corrected chi connectivity index (χ2v) is 7.13. The Labute approximate surface area is 137 Å². The molecule has 1 aromatic carbocycles. The molecule has 2 aromatic rings. The van der Waals surface area contributed by atoms with Gasteiger partial charge in [-0.1, -0.05) is 31.0 Å². The minimum absolute atomic E-state index is 0.00977. The van der Waals surface area contributed by atoms with Crippen molar-refractivity contribution < 1.29 is 9.84 Å². The molecule has 3 unspecified atom stereocenters. The summed E-state index contributed by atoms with van der Waals surface area (Å²) < 4.78 is 7.58. The maximum absolute atomic E-state index is 11.5. The highest BCUT2D eigenvalue weighted by Gasteiger charge is 2.67. The first-order valence-corrected chi connectivity index (χ1v) is 8.50. The van der Waals surface area contributed by atoms with Gasteiger partial charge in [0.2, 0.25) is 0 Å². The quantitative estimate of drug-likeness (QED) is 0.941. The van der Waals surface area contributed by atoms with E-state index >= 15 is 0 Å². The molecule has 1 heterocycles. The molecule has 3 atom stereocenters. The number of rotatable bonds is 4. The predicted molar refractivity (Wildman–Crippen MR) is 88.4 cm³/mol. The average molecular weight is 312 g/mol. The molecule has 4 nitrogen and oxygen atoms in total. The van der Waals surface area contributed by atoms with Gasteiger partial charge in [0.1, 0.15) is 5.75 Å². The number of para-hydroxylation sites is 1. The van der Waals surface area contributed by atoms with Crippen LogP contribution in [0.4, 0.5) is 0 Å². The number of hydrogen-bond acceptors (Lipinski definition) is 3. The van der Waals surface area contributed by atoms with Crippen LogP contribution in [0.15, 0.2) is 43.0 Å². The fourth-order valence-electron chi connectivity index (χ4n) is 4.72. The lowest BCUT2D eigenvalue weighted by molar-refractivity contribution is -0.0787. The van der Waals surface area contributed by atoms with Crippen LogP contribution >= 0.6 is 0 Å². The van der Waals surface area contributed by atoms with E-state index in [2.05, 4.69) is 17.1 Å². The molecule has 23 heavy (non-hydrogen) atoms. The molecule has 0 aliphatic heterocycles. The van der Waals surface area contributed by atoms with Crippen molar-refractivity contribution in [3.63, 3.8) is 0 Å². The summed E-state index contributed by atoms with van der Waals surface area (Å²) in [7, 11) is 1.73. The van der Waals surface area contributed by atoms with Gasteiger partial charge in [0.25, 0.3) is 0 Å². The van der Waals surface area contributed by atoms with Crippen LogP contribution in [0, 0.1) is 5.41 Å². The number of aliphatic hydroxyl groups is 1. The molecule has 2 saturated carbocycles. The van der Waals surface area contributed by atoms with Gasteiger partial charge in [-0.3, -0.25) is 0 Å². The summed E-state index contributed by atoms with van der Waals surface area (Å²) in [5, 5.41) is 11.5. The van der Waals surface area contributed by atoms with Gasteiger partial charge in [0, 0.05) is 17.8 Å². The van der Waals surface area contributed by atoms with Crippen LogP contribution in [0.2, 0.25) is 0 Å². The van der Waals surface area contributed by atoms with Crippen molar-refractivity contribution in [3.05, 3.63) is 48.5 Å². The van der Waals surface area contributed by atoms with E-state index in [0.29, 0.717) is 12.5 Å². The van der Waals surface area contributed by atoms with E-state index < -0.39 is 5.60 Å². The molecule has 0 saturated heterocycles. The maximum atomic E-state index is 11.5. The molecular formula is C19H24N2O2. The van der Waals surface area contributed by atoms with Crippen molar-refractivity contribution in [2.75, 3.05) is 7.11 Å². The Morgan fingerprint density at radius 2 is 2.13 bits per heavy atom. The monoisotopic (exact) mass is 312 g/mol. The van der Waals surface area contributed by atoms with Crippen molar-refractivity contribution in [3.8, 4) is 5.75 Å². The second kappa shape index (κ2) is 5.38. The second-order valence-electron chi connectivity index (χ2n) is 7.13. The smallest absolute Gasteiger partial charge is 0.122 e. The third-order valence-electron chi connectivity index (χ3n) is 5.98. The summed E-state index contributed by atoms with van der Waals surface area (Å²) in [6, 6.07) is 8.27. The molecule has 0 bridgehead atoms. The van der Waals surface area contributed by atoms with E-state index in [1.807, 2.05) is 22.9 Å². The third-order valence-corrected chi connectivity index (χ3v) is 5.98. The highest BCUT2D eigenvalue weighted by atomic mass is 16.5. The molecule has 2 aliphatic carbocycles. The topological polar surface area (TPSA) is 47.3 Å². The Morgan fingerprint density at radius 1 is 1.30 bits per heavy atom. The van der Waals surface area contributed by atoms with Crippen molar-refractivity contribution in [1.82, 2.24) is 9.55 Å². The minimum atomic E-state index is -0.655. The number of aromatic nitrogens is 2. The van der Waals surface area contributed by atoms with Gasteiger partial charge in [0.15, 0.2) is 0 Å². The largest absolute Gasteiger partial charge is 0.496 e. The lowest BCUT2D eigenvalue weighted by Gasteiger charge is -2.42. The molecule has 4 rings (SSSR count). The van der Waals surface area contributed by atoms with E-state index in [4.69, 9.17) is 4.74 Å². The molecule has 1 N–H and O–H groups in total. The molecule has 4 heteroatoms. The van der Waals surface area contributed by atoms with Crippen LogP contribution in [-0.4, -0.2) is 27.4 Å². The number of hydrogen-bond donors (Lipinski definition) is 1. The zero-order chi connectivity index (χ0) is 15.9. The molecular weight excluding hydrogens is 288 g/mol. The Bertz CT molecular complexity index is 684. The van der Waals surface area contributed by atoms with E-state index in [1.165, 1.54) is 12.0 Å². The maximum Gasteiger partial charge on any atom is 0.122 e. The van der Waals surface area contributed by atoms with Gasteiger partial charge in [-0.2, -0.15) is 0 Å². The van der Waals surface area contributed by atoms with Crippen molar-refractivity contribution in [1.29, 1.82) is 0 Å². The zero-order valence-corrected chi connectivity index (χ0v) is 13.6. The van der Waals surface area contributed by atoms with Crippen LogP contribution in [0.1, 0.15) is 43.6 Å². The Hall–Kier alpha value is -1.81. The third kappa shape index (κ3) is 2.27. The lowest BCUT2D eigenvalue weighted by atomic mass is 9.70. The summed E-state index contributed by atoms with van der Waals surface area (Å²) >= 11 is 0. The van der Waals surface area contributed by atoms with Crippen molar-refractivity contribution in [2.24, 2.45) is 5.41 Å². The normalized spacial score (nSPS) is 32.9. The first-order valence-electron chi connectivity index (χ1n) is 8.50. The number of benzene rings is 1. The summed E-state index contributed by atoms with van der Waals surface area (Å²) in [6.45, 7) is 0.638. The van der Waals surface area contributed by atoms with Crippen LogP contribution in [-0.2, 0) is 6.54 Å². The molecule has 2 fully saturated rings. The van der Waals surface area contributed by atoms with Crippen molar-refractivity contribution >= 4 is 0 Å². The lowest BCUT2D eigenvalue weighted by Crippen LogP contribution is -2.46. The van der Waals surface area contributed by atoms with Crippen LogP contribution in [0.5, 0.6) is 5.75 Å². The zero-order valence-electron chi connectivity index (χ0n) is 13.6. The number of ether oxygens (including phenoxy) is 1. The van der Waals surface area contributed by atoms with E-state index in [-0.39, 0.29) is 5.41 Å². The molecule has 1 spiro atoms. The molecule has 2 aliphatic rings. The molecule has 122 valence electrons. The van der Waals surface area contributed by atoms with Crippen LogP contribution in [0.25, 0.3) is 0 Å². The van der Waals surface area contributed by atoms with Gasteiger partial charge < -0.3 is 14.4 Å². The Balaban J connectivity index is 1.66. The van der Waals surface area contributed by atoms with Gasteiger partial charge in [-0.15, -0.1) is 0 Å². The Morgan fingerprint density at radius 3 is 2.91 bits per heavy atom. The summed E-state index contributed by atoms with van der Waals surface area (Å²) in [5.74, 6) is 1.34. The summed E-state index contributed by atoms with van der Waals surface area (Å²) in [6.07, 6.45) is 10.9. The molecule has 0 amide bonds. The summed E-state index contributed by atoms with van der Waals surface area (Å²) in [5.41, 5.74) is 0.586. The standard InChI is InChI=1S/C19H24N2O2/c1-23-17-7-3-2-6-15(17)16-12-18(16)8-4-5-9-19(18,22)13-21-11-10-20-14-21/h2-3,6-7,10-11,14,16,22H,4-5,8-9,12-13H2,1H3. The van der Waals surface area contributed by atoms with Gasteiger partial charge in [0.05, 0.1) is 25.6 Å². The minimum Gasteiger partial charge on any atom is -0.496 e. The average Bonchev–Trinajstić information content (AvgIpc) is 3.08. The highest BCUT2D eigenvalue weighted by molar-refractivity contribution is 5.43. The highest BCUT2D eigenvalue weighted by Crippen LogP contribution is 2.71. The first kappa shape index (κ1) is 14.8. The SMILES string of the molecule is COc1ccccc1C1CC12CCCCC2(O)Cn1ccnc1. The fraction of sp³-hybridized carbons (Fsp3) is 0.526. The predicted octanol–water partition coefficient (Wildman–Crippen LogP) is 3.37. The van der Waals surface area contributed by atoms with Crippen LogP contribution in [0.3, 0.4) is 0 Å². The van der Waals surface area contributed by atoms with Gasteiger partial charge in [-0.05, 0) is 36.8 Å². The first-order chi connectivity index (χ1) is 11.2. The number of imidazole rings is 1. The summed E-state index contributed by atoms with van der Waals surface area (Å²) in [4.78, 5) is 4.12. The number of nitrogens with zero attached hydrogens (tertiary/aromatic N) is 2. The van der Waals surface area contributed by atoms with Gasteiger partial charge in [-0.25, -0.2) is 4.98 Å². The van der Waals surface area contributed by atoms with Crippen LogP contribution < -0.4 is 4.74 Å². The number of methoxy groups -OCH3 is 1. The van der Waals surface area contributed by atoms with Gasteiger partial charge >= 0.3 is 0 Å². The van der Waals surface area contributed by atoms with E-state index in [9.17, 15) is 5.11 Å². The molecule has 1 aromatic heterocycles. The fourth-order valence-corrected chi connectivity index (χ4v) is 4.72. The van der Waals surface area contributed by atoms with Crippen molar-refractivity contribution in [2.45, 2.75) is 50.2 Å². The van der Waals surface area contributed by atoms with E-state index in [1.54, 1.807) is 19.6 Å².